The molecule has 1 aliphatic rings. The van der Waals surface area contributed by atoms with E-state index >= 15 is 0 Å². The van der Waals surface area contributed by atoms with Crippen LogP contribution >= 0.6 is 0 Å². The average molecular weight is 321 g/mol. The molecule has 1 amide bonds. The quantitative estimate of drug-likeness (QED) is 0.906. The highest BCUT2D eigenvalue weighted by Crippen LogP contribution is 2.25. The fourth-order valence-electron chi connectivity index (χ4n) is 2.39. The third-order valence-corrected chi connectivity index (χ3v) is 3.52. The second-order valence-electron chi connectivity index (χ2n) is 6.54. The molecule has 0 unspecified atom stereocenters. The minimum atomic E-state index is -0.950. The zero-order valence-electron chi connectivity index (χ0n) is 13.7. The zero-order chi connectivity index (χ0) is 17.0. The highest BCUT2D eigenvalue weighted by atomic mass is 16.6. The largest absolute Gasteiger partial charge is 0.478 e. The Balaban J connectivity index is 1.98. The third-order valence-electron chi connectivity index (χ3n) is 3.52. The summed E-state index contributed by atoms with van der Waals surface area (Å²) < 4.78 is 11.2. The molecule has 2 rings (SSSR count). The van der Waals surface area contributed by atoms with Gasteiger partial charge in [0, 0.05) is 13.1 Å². The first kappa shape index (κ1) is 17.3. The molecule has 0 radical (unpaired) electrons. The number of benzene rings is 1. The minimum absolute atomic E-state index is 0.148. The van der Waals surface area contributed by atoms with Crippen LogP contribution in [0.4, 0.5) is 4.79 Å². The van der Waals surface area contributed by atoms with Gasteiger partial charge in [0.1, 0.15) is 5.60 Å². The van der Waals surface area contributed by atoms with Gasteiger partial charge in [-0.2, -0.15) is 0 Å². The SMILES string of the molecule is CC(C)(C)OC(=O)N1CCO[C@H](c2ccc(C(=O)O)cc2)CC1. The fourth-order valence-corrected chi connectivity index (χ4v) is 2.39. The van der Waals surface area contributed by atoms with Crippen LogP contribution in [0.1, 0.15) is 49.2 Å². The molecule has 0 aliphatic carbocycles. The number of carboxylic acids is 1. The predicted molar refractivity (Wildman–Crippen MR) is 84.5 cm³/mol. The van der Waals surface area contributed by atoms with Crippen LogP contribution in [-0.2, 0) is 9.47 Å². The lowest BCUT2D eigenvalue weighted by Crippen LogP contribution is -2.38. The molecule has 1 heterocycles. The van der Waals surface area contributed by atoms with E-state index in [-0.39, 0.29) is 17.8 Å². The van der Waals surface area contributed by atoms with Crippen molar-refractivity contribution in [1.82, 2.24) is 4.90 Å². The summed E-state index contributed by atoms with van der Waals surface area (Å²) in [6.07, 6.45) is 0.166. The number of hydrogen-bond acceptors (Lipinski definition) is 4. The monoisotopic (exact) mass is 321 g/mol. The Kier molecular flexibility index (Phi) is 5.26. The molecule has 0 saturated carbocycles. The number of nitrogens with zero attached hydrogens (tertiary/aromatic N) is 1. The van der Waals surface area contributed by atoms with Gasteiger partial charge >= 0.3 is 12.1 Å². The first-order valence-corrected chi connectivity index (χ1v) is 7.69. The fraction of sp³-hybridized carbons (Fsp3) is 0.529. The van der Waals surface area contributed by atoms with Crippen molar-refractivity contribution < 1.29 is 24.2 Å². The molecule has 1 N–H and O–H groups in total. The van der Waals surface area contributed by atoms with Gasteiger partial charge in [0.2, 0.25) is 0 Å². The van der Waals surface area contributed by atoms with Crippen molar-refractivity contribution >= 4 is 12.1 Å². The second-order valence-corrected chi connectivity index (χ2v) is 6.54. The van der Waals surface area contributed by atoms with Crippen molar-refractivity contribution in [3.8, 4) is 0 Å². The molecule has 1 fully saturated rings. The maximum absolute atomic E-state index is 12.1. The van der Waals surface area contributed by atoms with E-state index in [1.165, 1.54) is 0 Å². The normalized spacial score (nSPS) is 19.1. The Morgan fingerprint density at radius 2 is 1.87 bits per heavy atom. The van der Waals surface area contributed by atoms with E-state index in [0.29, 0.717) is 26.1 Å². The molecule has 0 spiro atoms. The summed E-state index contributed by atoms with van der Waals surface area (Å²) in [6, 6.07) is 6.66. The van der Waals surface area contributed by atoms with E-state index in [0.717, 1.165) is 5.56 Å². The summed E-state index contributed by atoms with van der Waals surface area (Å²) in [5.74, 6) is -0.950. The average Bonchev–Trinajstić information content (AvgIpc) is 2.71. The van der Waals surface area contributed by atoms with Gasteiger partial charge in [-0.1, -0.05) is 12.1 Å². The molecular formula is C17H23NO5. The number of carbonyl (C=O) groups excluding carboxylic acids is 1. The molecule has 1 atom stereocenters. The molecule has 1 aliphatic heterocycles. The van der Waals surface area contributed by atoms with Gasteiger partial charge in [0.05, 0.1) is 18.3 Å². The minimum Gasteiger partial charge on any atom is -0.478 e. The number of hydrogen-bond donors (Lipinski definition) is 1. The van der Waals surface area contributed by atoms with Gasteiger partial charge in [0.15, 0.2) is 0 Å². The van der Waals surface area contributed by atoms with Crippen LogP contribution in [0.2, 0.25) is 0 Å². The summed E-state index contributed by atoms with van der Waals surface area (Å²) >= 11 is 0. The van der Waals surface area contributed by atoms with Crippen LogP contribution in [0, 0.1) is 0 Å². The number of carboxylic acid groups (broad SMARTS) is 1. The van der Waals surface area contributed by atoms with E-state index in [2.05, 4.69) is 0 Å². The van der Waals surface area contributed by atoms with Gasteiger partial charge < -0.3 is 19.5 Å². The van der Waals surface area contributed by atoms with E-state index in [4.69, 9.17) is 14.6 Å². The van der Waals surface area contributed by atoms with Crippen molar-refractivity contribution in [1.29, 1.82) is 0 Å². The highest BCUT2D eigenvalue weighted by molar-refractivity contribution is 5.87. The smallest absolute Gasteiger partial charge is 0.410 e. The van der Waals surface area contributed by atoms with Crippen molar-refractivity contribution in [3.05, 3.63) is 35.4 Å². The molecule has 1 aromatic carbocycles. The standard InChI is InChI=1S/C17H23NO5/c1-17(2,3)23-16(21)18-9-8-14(22-11-10-18)12-4-6-13(7-5-12)15(19)20/h4-7,14H,8-11H2,1-3H3,(H,19,20)/t14-/m0/s1. The summed E-state index contributed by atoms with van der Waals surface area (Å²) in [7, 11) is 0. The zero-order valence-corrected chi connectivity index (χ0v) is 13.7. The summed E-state index contributed by atoms with van der Waals surface area (Å²) in [6.45, 7) is 6.97. The highest BCUT2D eigenvalue weighted by Gasteiger charge is 2.26. The lowest BCUT2D eigenvalue weighted by atomic mass is 10.0. The topological polar surface area (TPSA) is 76.1 Å². The van der Waals surface area contributed by atoms with Crippen LogP contribution in [0.5, 0.6) is 0 Å². The van der Waals surface area contributed by atoms with Crippen molar-refractivity contribution in [2.24, 2.45) is 0 Å². The Hall–Kier alpha value is -2.08. The predicted octanol–water partition coefficient (Wildman–Crippen LogP) is 3.08. The maximum Gasteiger partial charge on any atom is 0.410 e. The van der Waals surface area contributed by atoms with Crippen LogP contribution in [0.15, 0.2) is 24.3 Å². The van der Waals surface area contributed by atoms with Gasteiger partial charge in [0.25, 0.3) is 0 Å². The van der Waals surface area contributed by atoms with Gasteiger partial charge in [-0.15, -0.1) is 0 Å². The first-order valence-electron chi connectivity index (χ1n) is 7.69. The summed E-state index contributed by atoms with van der Waals surface area (Å²) in [5.41, 5.74) is 0.648. The van der Waals surface area contributed by atoms with E-state index in [9.17, 15) is 9.59 Å². The molecule has 1 saturated heterocycles. The number of ether oxygens (including phenoxy) is 2. The second kappa shape index (κ2) is 7.00. The molecule has 6 nitrogen and oxygen atoms in total. The molecule has 0 aromatic heterocycles. The van der Waals surface area contributed by atoms with Crippen molar-refractivity contribution in [3.63, 3.8) is 0 Å². The lowest BCUT2D eigenvalue weighted by molar-refractivity contribution is 0.0231. The van der Waals surface area contributed by atoms with Crippen LogP contribution in [-0.4, -0.2) is 47.4 Å². The molecule has 1 aromatic rings. The molecule has 6 heteroatoms. The molecule has 0 bridgehead atoms. The third kappa shape index (κ3) is 4.96. The molecular weight excluding hydrogens is 298 g/mol. The number of aromatic carboxylic acids is 1. The van der Waals surface area contributed by atoms with Gasteiger partial charge in [-0.25, -0.2) is 9.59 Å². The summed E-state index contributed by atoms with van der Waals surface area (Å²) in [4.78, 5) is 24.6. The Morgan fingerprint density at radius 3 is 2.43 bits per heavy atom. The van der Waals surface area contributed by atoms with Crippen molar-refractivity contribution in [2.45, 2.75) is 38.9 Å². The van der Waals surface area contributed by atoms with Crippen LogP contribution in [0.25, 0.3) is 0 Å². The van der Waals surface area contributed by atoms with Gasteiger partial charge in [-0.05, 0) is 44.9 Å². The summed E-state index contributed by atoms with van der Waals surface area (Å²) in [5, 5.41) is 8.93. The lowest BCUT2D eigenvalue weighted by Gasteiger charge is -2.26. The van der Waals surface area contributed by atoms with Crippen LogP contribution < -0.4 is 0 Å². The van der Waals surface area contributed by atoms with Crippen LogP contribution in [0.3, 0.4) is 0 Å². The van der Waals surface area contributed by atoms with Crippen molar-refractivity contribution in [2.75, 3.05) is 19.7 Å². The molecule has 126 valence electrons. The Labute approximate surface area is 136 Å². The molecule has 23 heavy (non-hydrogen) atoms. The first-order chi connectivity index (χ1) is 10.8. The Bertz CT molecular complexity index is 561. The van der Waals surface area contributed by atoms with E-state index in [1.807, 2.05) is 20.8 Å². The van der Waals surface area contributed by atoms with Gasteiger partial charge in [-0.3, -0.25) is 0 Å². The Morgan fingerprint density at radius 1 is 1.22 bits per heavy atom. The number of amides is 1. The van der Waals surface area contributed by atoms with E-state index < -0.39 is 11.6 Å². The van der Waals surface area contributed by atoms with E-state index in [1.54, 1.807) is 29.2 Å². The number of rotatable bonds is 2. The maximum atomic E-state index is 12.1. The number of carbonyl (C=O) groups is 2.